The highest BCUT2D eigenvalue weighted by molar-refractivity contribution is 5.99. The molecular weight excluding hydrogens is 562 g/mol. The zero-order valence-corrected chi connectivity index (χ0v) is 26.1. The molecule has 0 aliphatic carbocycles. The van der Waals surface area contributed by atoms with Gasteiger partial charge in [0.05, 0.1) is 30.7 Å². The molecule has 10 heteroatoms. The monoisotopic (exact) mass is 607 g/mol. The SMILES string of the molecule is CCCCCN1C/C=C\CCC(=O)N(C)[C@H](C)[C@@H](c2ccccc2)OC(=O)[C@@H]2[C@@H]3C=C[C@]4(O3)[C@H](C1=O)N([C@H](C)CO)C(=O)[C@@H]24. The predicted octanol–water partition coefficient (Wildman–Crippen LogP) is 3.02. The molecule has 44 heavy (non-hydrogen) atoms. The number of amides is 3. The van der Waals surface area contributed by atoms with Crippen molar-refractivity contribution in [2.24, 2.45) is 11.8 Å². The second-order valence-corrected chi connectivity index (χ2v) is 12.5. The lowest BCUT2D eigenvalue weighted by molar-refractivity contribution is -0.164. The minimum absolute atomic E-state index is 0.0904. The molecule has 0 radical (unpaired) electrons. The fourth-order valence-corrected chi connectivity index (χ4v) is 7.16. The molecule has 5 bridgehead atoms. The molecule has 0 saturated carbocycles. The number of allylic oxidation sites excluding steroid dienone is 1. The number of carbonyl (C=O) groups excluding carboxylic acids is 4. The normalized spacial score (nSPS) is 34.0. The molecule has 238 valence electrons. The van der Waals surface area contributed by atoms with Crippen LogP contribution in [0.15, 0.2) is 54.6 Å². The fraction of sp³-hybridized carbons (Fsp3) is 0.588. The van der Waals surface area contributed by atoms with Gasteiger partial charge in [0.25, 0.3) is 0 Å². The van der Waals surface area contributed by atoms with Crippen molar-refractivity contribution < 1.29 is 33.8 Å². The van der Waals surface area contributed by atoms with Crippen molar-refractivity contribution in [3.8, 4) is 0 Å². The van der Waals surface area contributed by atoms with Crippen LogP contribution in [-0.4, -0.2) is 100 Å². The number of ether oxygens (including phenoxy) is 2. The first-order valence-electron chi connectivity index (χ1n) is 15.9. The summed E-state index contributed by atoms with van der Waals surface area (Å²) in [6, 6.07) is 7.06. The smallest absolute Gasteiger partial charge is 0.313 e. The van der Waals surface area contributed by atoms with Gasteiger partial charge in [-0.1, -0.05) is 74.4 Å². The van der Waals surface area contributed by atoms with E-state index in [0.29, 0.717) is 19.5 Å². The topological polar surface area (TPSA) is 117 Å². The molecule has 1 spiro atoms. The van der Waals surface area contributed by atoms with Crippen molar-refractivity contribution in [2.45, 2.75) is 88.8 Å². The van der Waals surface area contributed by atoms with E-state index in [1.165, 1.54) is 4.90 Å². The number of unbranched alkanes of at least 4 members (excludes halogenated alkanes) is 2. The molecule has 0 unspecified atom stereocenters. The van der Waals surface area contributed by atoms with Crippen LogP contribution in [0.3, 0.4) is 0 Å². The summed E-state index contributed by atoms with van der Waals surface area (Å²) >= 11 is 0. The van der Waals surface area contributed by atoms with Gasteiger partial charge >= 0.3 is 5.97 Å². The maximum atomic E-state index is 14.5. The Bertz CT molecular complexity index is 1300. The lowest BCUT2D eigenvalue weighted by Gasteiger charge is -2.37. The number of rotatable bonds is 7. The van der Waals surface area contributed by atoms with Gasteiger partial charge in [-0.2, -0.15) is 0 Å². The van der Waals surface area contributed by atoms with Crippen molar-refractivity contribution >= 4 is 23.7 Å². The Morgan fingerprint density at radius 2 is 1.82 bits per heavy atom. The van der Waals surface area contributed by atoms with Crippen LogP contribution in [0.1, 0.15) is 64.5 Å². The number of aliphatic hydroxyl groups is 1. The standard InChI is InChI=1S/C34H45N3O7/c1-5-6-12-19-36-20-13-8-11-16-26(39)35(4)23(3)29(24-14-9-7-10-15-24)43-33(42)27-25-17-18-34(44-25)28(27)31(40)37(22(2)21-38)30(34)32(36)41/h7-10,13-15,17-18,22-23,25,27-30,38H,5-6,11-12,16,19-21H2,1-4H3/b13-8-/t22-,23-,25+,27-,28-,29+,30+,34-/m1/s1. The third kappa shape index (κ3) is 5.58. The van der Waals surface area contributed by atoms with Crippen molar-refractivity contribution in [1.29, 1.82) is 0 Å². The molecule has 10 nitrogen and oxygen atoms in total. The molecule has 8 atom stereocenters. The Labute approximate surface area is 259 Å². The van der Waals surface area contributed by atoms with E-state index in [1.54, 1.807) is 35.9 Å². The third-order valence-corrected chi connectivity index (χ3v) is 9.73. The van der Waals surface area contributed by atoms with Gasteiger partial charge in [0.2, 0.25) is 17.7 Å². The molecule has 1 aromatic carbocycles. The molecule has 4 aliphatic rings. The van der Waals surface area contributed by atoms with E-state index in [1.807, 2.05) is 49.4 Å². The van der Waals surface area contributed by atoms with Gasteiger partial charge in [-0.15, -0.1) is 0 Å². The maximum Gasteiger partial charge on any atom is 0.313 e. The minimum atomic E-state index is -1.35. The highest BCUT2D eigenvalue weighted by Gasteiger charge is 2.74. The molecule has 2 saturated heterocycles. The van der Waals surface area contributed by atoms with Crippen molar-refractivity contribution in [3.05, 3.63) is 60.2 Å². The number of fused-ring (bicyclic) bond motifs is 2. The second kappa shape index (κ2) is 13.2. The van der Waals surface area contributed by atoms with Crippen LogP contribution in [0.2, 0.25) is 0 Å². The lowest BCUT2D eigenvalue weighted by atomic mass is 9.74. The summed E-state index contributed by atoms with van der Waals surface area (Å²) in [7, 11) is 1.71. The van der Waals surface area contributed by atoms with Gasteiger partial charge in [0.1, 0.15) is 23.7 Å². The van der Waals surface area contributed by atoms with Gasteiger partial charge in [0.15, 0.2) is 0 Å². The lowest BCUT2D eigenvalue weighted by Crippen LogP contribution is -2.58. The highest BCUT2D eigenvalue weighted by Crippen LogP contribution is 2.56. The van der Waals surface area contributed by atoms with E-state index in [2.05, 4.69) is 6.92 Å². The Balaban J connectivity index is 1.58. The Morgan fingerprint density at radius 1 is 1.07 bits per heavy atom. The highest BCUT2D eigenvalue weighted by atomic mass is 16.6. The zero-order valence-electron chi connectivity index (χ0n) is 26.1. The molecule has 1 N–H and O–H groups in total. The summed E-state index contributed by atoms with van der Waals surface area (Å²) in [6.45, 7) is 6.09. The summed E-state index contributed by atoms with van der Waals surface area (Å²) in [5.74, 6) is -3.36. The molecule has 1 aromatic rings. The van der Waals surface area contributed by atoms with Gasteiger partial charge in [-0.25, -0.2) is 0 Å². The molecule has 3 amide bonds. The summed E-state index contributed by atoms with van der Waals surface area (Å²) in [6.07, 6.45) is 9.27. The van der Waals surface area contributed by atoms with Crippen LogP contribution in [0.4, 0.5) is 0 Å². The van der Waals surface area contributed by atoms with Crippen LogP contribution in [0.25, 0.3) is 0 Å². The van der Waals surface area contributed by atoms with Gasteiger partial charge in [-0.05, 0) is 32.3 Å². The average molecular weight is 608 g/mol. The average Bonchev–Trinajstić information content (AvgIpc) is 3.68. The molecule has 5 rings (SSSR count). The largest absolute Gasteiger partial charge is 0.455 e. The van der Waals surface area contributed by atoms with Crippen molar-refractivity contribution in [2.75, 3.05) is 26.7 Å². The molecule has 4 heterocycles. The zero-order chi connectivity index (χ0) is 31.6. The van der Waals surface area contributed by atoms with E-state index >= 15 is 0 Å². The van der Waals surface area contributed by atoms with Gasteiger partial charge < -0.3 is 29.3 Å². The van der Waals surface area contributed by atoms with Crippen molar-refractivity contribution in [1.82, 2.24) is 14.7 Å². The van der Waals surface area contributed by atoms with Crippen LogP contribution in [0.5, 0.6) is 0 Å². The molecular formula is C34H45N3O7. The first-order chi connectivity index (χ1) is 21.2. The number of benzene rings is 1. The number of esters is 1. The number of nitrogens with zero attached hydrogens (tertiary/aromatic N) is 3. The van der Waals surface area contributed by atoms with Crippen LogP contribution in [-0.2, 0) is 28.7 Å². The maximum absolute atomic E-state index is 14.5. The number of likely N-dealkylation sites (N-methyl/N-ethyl adjacent to an activating group) is 1. The van der Waals surface area contributed by atoms with E-state index < -0.39 is 59.6 Å². The first-order valence-corrected chi connectivity index (χ1v) is 15.9. The van der Waals surface area contributed by atoms with E-state index in [-0.39, 0.29) is 24.8 Å². The number of likely N-dealkylation sites (tertiary alicyclic amines) is 1. The Kier molecular flexibility index (Phi) is 9.60. The van der Waals surface area contributed by atoms with Gasteiger partial charge in [0, 0.05) is 26.6 Å². The van der Waals surface area contributed by atoms with Gasteiger partial charge in [-0.3, -0.25) is 19.2 Å². The fourth-order valence-electron chi connectivity index (χ4n) is 7.16. The number of carbonyl (C=O) groups is 4. The molecule has 0 aromatic heterocycles. The van der Waals surface area contributed by atoms with E-state index in [9.17, 15) is 24.3 Å². The third-order valence-electron chi connectivity index (χ3n) is 9.73. The molecule has 4 aliphatic heterocycles. The number of hydrogen-bond donors (Lipinski definition) is 1. The van der Waals surface area contributed by atoms with Crippen LogP contribution >= 0.6 is 0 Å². The summed E-state index contributed by atoms with van der Waals surface area (Å²) in [4.78, 5) is 60.9. The Hall–Kier alpha value is -3.50. The first kappa shape index (κ1) is 31.9. The summed E-state index contributed by atoms with van der Waals surface area (Å²) in [5, 5.41) is 10.2. The van der Waals surface area contributed by atoms with Crippen molar-refractivity contribution in [3.63, 3.8) is 0 Å². The summed E-state index contributed by atoms with van der Waals surface area (Å²) in [5.41, 5.74) is -0.628. The van der Waals surface area contributed by atoms with Crippen LogP contribution in [0, 0.1) is 11.8 Å². The number of aliphatic hydroxyl groups excluding tert-OH is 1. The quantitative estimate of drug-likeness (QED) is 0.288. The van der Waals surface area contributed by atoms with E-state index in [4.69, 9.17) is 9.47 Å². The second-order valence-electron chi connectivity index (χ2n) is 12.5. The number of hydrogen-bond acceptors (Lipinski definition) is 7. The molecule has 2 fully saturated rings. The van der Waals surface area contributed by atoms with E-state index in [0.717, 1.165) is 24.8 Å². The Morgan fingerprint density at radius 3 is 2.52 bits per heavy atom. The summed E-state index contributed by atoms with van der Waals surface area (Å²) < 4.78 is 12.7. The number of cyclic esters (lactones) is 1. The minimum Gasteiger partial charge on any atom is -0.455 e. The van der Waals surface area contributed by atoms with Crippen LogP contribution < -0.4 is 0 Å². The predicted molar refractivity (Wildman–Crippen MR) is 163 cm³/mol.